The second-order valence-electron chi connectivity index (χ2n) is 3.57. The Morgan fingerprint density at radius 3 is 2.67 bits per heavy atom. The SMILES string of the molecule is O=[N+]([O-])c1ccc(CNCC(O)C(F)F)c(Br)c1. The van der Waals surface area contributed by atoms with Crippen LogP contribution in [0.3, 0.4) is 0 Å². The van der Waals surface area contributed by atoms with Crippen molar-refractivity contribution in [2.24, 2.45) is 0 Å². The minimum atomic E-state index is -2.79. The topological polar surface area (TPSA) is 75.4 Å². The number of non-ortho nitro benzene ring substituents is 1. The van der Waals surface area contributed by atoms with Gasteiger partial charge in [0.25, 0.3) is 12.1 Å². The van der Waals surface area contributed by atoms with Gasteiger partial charge in [0.05, 0.1) is 4.92 Å². The van der Waals surface area contributed by atoms with Gasteiger partial charge in [-0.05, 0) is 11.6 Å². The van der Waals surface area contributed by atoms with E-state index in [9.17, 15) is 18.9 Å². The van der Waals surface area contributed by atoms with Gasteiger partial charge in [-0.25, -0.2) is 8.78 Å². The van der Waals surface area contributed by atoms with Gasteiger partial charge in [-0.2, -0.15) is 0 Å². The zero-order chi connectivity index (χ0) is 13.7. The summed E-state index contributed by atoms with van der Waals surface area (Å²) < 4.78 is 24.5. The monoisotopic (exact) mass is 324 g/mol. The molecule has 0 aliphatic rings. The minimum Gasteiger partial charge on any atom is -0.386 e. The van der Waals surface area contributed by atoms with E-state index in [1.165, 1.54) is 18.2 Å². The first kappa shape index (κ1) is 14.9. The van der Waals surface area contributed by atoms with Crippen LogP contribution < -0.4 is 5.32 Å². The lowest BCUT2D eigenvalue weighted by Gasteiger charge is -2.11. The molecule has 0 spiro atoms. The van der Waals surface area contributed by atoms with Crippen LogP contribution in [-0.2, 0) is 6.54 Å². The average molecular weight is 325 g/mol. The lowest BCUT2D eigenvalue weighted by Crippen LogP contribution is -2.31. The molecular weight excluding hydrogens is 314 g/mol. The highest BCUT2D eigenvalue weighted by molar-refractivity contribution is 9.10. The van der Waals surface area contributed by atoms with Gasteiger partial charge in [-0.1, -0.05) is 15.9 Å². The van der Waals surface area contributed by atoms with Crippen LogP contribution in [0.2, 0.25) is 0 Å². The van der Waals surface area contributed by atoms with E-state index in [0.717, 1.165) is 0 Å². The molecule has 1 rings (SSSR count). The molecule has 8 heteroatoms. The molecule has 0 saturated heterocycles. The zero-order valence-corrected chi connectivity index (χ0v) is 10.7. The van der Waals surface area contributed by atoms with Crippen LogP contribution in [-0.4, -0.2) is 29.1 Å². The quantitative estimate of drug-likeness (QED) is 0.620. The highest BCUT2D eigenvalue weighted by Crippen LogP contribution is 2.22. The Hall–Kier alpha value is -1.12. The molecule has 5 nitrogen and oxygen atoms in total. The fourth-order valence-electron chi connectivity index (χ4n) is 1.24. The number of halogens is 3. The summed E-state index contributed by atoms with van der Waals surface area (Å²) in [4.78, 5) is 9.97. The predicted octanol–water partition coefficient (Wildman–Crippen LogP) is 2.07. The molecule has 2 N–H and O–H groups in total. The summed E-state index contributed by atoms with van der Waals surface area (Å²) in [6.07, 6.45) is -4.51. The molecule has 1 aromatic rings. The number of nitrogens with one attached hydrogen (secondary N) is 1. The number of nitro benzene ring substituents is 1. The molecule has 18 heavy (non-hydrogen) atoms. The van der Waals surface area contributed by atoms with E-state index in [4.69, 9.17) is 5.11 Å². The number of nitrogens with zero attached hydrogens (tertiary/aromatic N) is 1. The molecule has 0 bridgehead atoms. The van der Waals surface area contributed by atoms with Crippen molar-refractivity contribution in [1.29, 1.82) is 0 Å². The summed E-state index contributed by atoms with van der Waals surface area (Å²) in [5.41, 5.74) is 0.625. The number of aliphatic hydroxyl groups excluding tert-OH is 1. The molecule has 0 aliphatic carbocycles. The summed E-state index contributed by atoms with van der Waals surface area (Å²) in [6, 6.07) is 4.18. The van der Waals surface area contributed by atoms with Gasteiger partial charge in [0.1, 0.15) is 6.10 Å². The van der Waals surface area contributed by atoms with E-state index >= 15 is 0 Å². The van der Waals surface area contributed by atoms with Gasteiger partial charge in [-0.15, -0.1) is 0 Å². The second-order valence-corrected chi connectivity index (χ2v) is 4.42. The molecule has 0 aliphatic heterocycles. The number of alkyl halides is 2. The van der Waals surface area contributed by atoms with Crippen LogP contribution in [0.15, 0.2) is 22.7 Å². The Balaban J connectivity index is 2.56. The van der Waals surface area contributed by atoms with Gasteiger partial charge in [0.15, 0.2) is 0 Å². The van der Waals surface area contributed by atoms with E-state index in [1.54, 1.807) is 0 Å². The highest BCUT2D eigenvalue weighted by Gasteiger charge is 2.16. The minimum absolute atomic E-state index is 0.0572. The van der Waals surface area contributed by atoms with Gasteiger partial charge < -0.3 is 10.4 Å². The van der Waals surface area contributed by atoms with E-state index in [1.807, 2.05) is 0 Å². The first-order chi connectivity index (χ1) is 8.41. The largest absolute Gasteiger partial charge is 0.386 e. The van der Waals surface area contributed by atoms with Crippen molar-refractivity contribution in [2.45, 2.75) is 19.1 Å². The number of aliphatic hydroxyl groups is 1. The fraction of sp³-hybridized carbons (Fsp3) is 0.400. The number of rotatable bonds is 6. The van der Waals surface area contributed by atoms with Gasteiger partial charge >= 0.3 is 0 Å². The maximum absolute atomic E-state index is 12.0. The third-order valence-corrected chi connectivity index (χ3v) is 2.95. The molecule has 1 aromatic carbocycles. The molecule has 0 aromatic heterocycles. The van der Waals surface area contributed by atoms with Crippen molar-refractivity contribution in [3.63, 3.8) is 0 Å². The van der Waals surface area contributed by atoms with Crippen LogP contribution in [0.5, 0.6) is 0 Å². The normalized spacial score (nSPS) is 12.7. The Bertz CT molecular complexity index is 432. The first-order valence-corrected chi connectivity index (χ1v) is 5.81. The number of hydrogen-bond donors (Lipinski definition) is 2. The van der Waals surface area contributed by atoms with Crippen molar-refractivity contribution in [1.82, 2.24) is 5.32 Å². The molecule has 1 atom stereocenters. The van der Waals surface area contributed by atoms with Crippen molar-refractivity contribution in [3.8, 4) is 0 Å². The van der Waals surface area contributed by atoms with Crippen LogP contribution in [0.1, 0.15) is 5.56 Å². The van der Waals surface area contributed by atoms with Crippen molar-refractivity contribution >= 4 is 21.6 Å². The average Bonchev–Trinajstić information content (AvgIpc) is 2.30. The summed E-state index contributed by atoms with van der Waals surface area (Å²) in [5.74, 6) is 0. The smallest absolute Gasteiger partial charge is 0.270 e. The molecular formula is C10H11BrF2N2O3. The van der Waals surface area contributed by atoms with E-state index in [-0.39, 0.29) is 18.8 Å². The first-order valence-electron chi connectivity index (χ1n) is 5.01. The maximum Gasteiger partial charge on any atom is 0.270 e. The fourth-order valence-corrected chi connectivity index (χ4v) is 1.74. The lowest BCUT2D eigenvalue weighted by atomic mass is 10.2. The Labute approximate surface area is 110 Å². The summed E-state index contributed by atoms with van der Waals surface area (Å²) in [6.45, 7) is -0.0244. The molecule has 0 radical (unpaired) electrons. The van der Waals surface area contributed by atoms with Crippen molar-refractivity contribution in [3.05, 3.63) is 38.3 Å². The second kappa shape index (κ2) is 6.72. The van der Waals surface area contributed by atoms with Crippen molar-refractivity contribution < 1.29 is 18.8 Å². The zero-order valence-electron chi connectivity index (χ0n) is 9.15. The van der Waals surface area contributed by atoms with Crippen LogP contribution in [0.25, 0.3) is 0 Å². The van der Waals surface area contributed by atoms with Crippen LogP contribution in [0, 0.1) is 10.1 Å². The van der Waals surface area contributed by atoms with Gasteiger partial charge in [-0.3, -0.25) is 10.1 Å². The molecule has 0 amide bonds. The number of hydrogen-bond acceptors (Lipinski definition) is 4. The third-order valence-electron chi connectivity index (χ3n) is 2.21. The Kier molecular flexibility index (Phi) is 5.57. The third kappa shape index (κ3) is 4.28. The molecule has 0 saturated carbocycles. The summed E-state index contributed by atoms with van der Waals surface area (Å²) in [7, 11) is 0. The van der Waals surface area contributed by atoms with Gasteiger partial charge in [0, 0.05) is 29.7 Å². The number of nitro groups is 1. The predicted molar refractivity (Wildman–Crippen MR) is 64.5 cm³/mol. The number of benzene rings is 1. The molecule has 0 heterocycles. The molecule has 100 valence electrons. The molecule has 0 fully saturated rings. The highest BCUT2D eigenvalue weighted by atomic mass is 79.9. The van der Waals surface area contributed by atoms with Crippen LogP contribution >= 0.6 is 15.9 Å². The standard InChI is InChI=1S/C10H11BrF2N2O3/c11-8-3-7(15(17)18)2-1-6(8)4-14-5-9(16)10(12)13/h1-3,9-10,14,16H,4-5H2. The van der Waals surface area contributed by atoms with Crippen LogP contribution in [0.4, 0.5) is 14.5 Å². The Morgan fingerprint density at radius 2 is 2.17 bits per heavy atom. The van der Waals surface area contributed by atoms with E-state index in [0.29, 0.717) is 10.0 Å². The molecule has 1 unspecified atom stereocenters. The lowest BCUT2D eigenvalue weighted by molar-refractivity contribution is -0.384. The summed E-state index contributed by atoms with van der Waals surface area (Å²) >= 11 is 3.16. The van der Waals surface area contributed by atoms with E-state index in [2.05, 4.69) is 21.2 Å². The van der Waals surface area contributed by atoms with Gasteiger partial charge in [0.2, 0.25) is 0 Å². The Morgan fingerprint density at radius 1 is 1.50 bits per heavy atom. The van der Waals surface area contributed by atoms with Crippen molar-refractivity contribution in [2.75, 3.05) is 6.54 Å². The maximum atomic E-state index is 12.0. The van der Waals surface area contributed by atoms with E-state index < -0.39 is 17.5 Å². The summed E-state index contributed by atoms with van der Waals surface area (Å²) in [5, 5.41) is 22.0.